The first-order chi connectivity index (χ1) is 22.3. The van der Waals surface area contributed by atoms with Gasteiger partial charge in [-0.1, -0.05) is 48.9 Å². The molecule has 0 spiro atoms. The number of amides is 1. The maximum Gasteiger partial charge on any atom is 0.337 e. The second-order valence-corrected chi connectivity index (χ2v) is 10.8. The van der Waals surface area contributed by atoms with Crippen molar-refractivity contribution in [3.63, 3.8) is 0 Å². The van der Waals surface area contributed by atoms with Crippen LogP contribution in [0.3, 0.4) is 0 Å². The highest BCUT2D eigenvalue weighted by Crippen LogP contribution is 2.30. The quantitative estimate of drug-likeness (QED) is 0.136. The van der Waals surface area contributed by atoms with Crippen LogP contribution in [-0.4, -0.2) is 38.7 Å². The number of benzene rings is 3. The first-order valence-electron chi connectivity index (χ1n) is 14.6. The zero-order chi connectivity index (χ0) is 32.5. The summed E-state index contributed by atoms with van der Waals surface area (Å²) < 4.78 is 26.9. The summed E-state index contributed by atoms with van der Waals surface area (Å²) in [5.74, 6) is -0.111. The summed E-state index contributed by atoms with van der Waals surface area (Å²) in [6.45, 7) is 3.16. The average molecular weight is 643 g/mol. The number of hydrogen-bond acceptors (Lipinski definition) is 8. The Labute approximate surface area is 270 Å². The fraction of sp³-hybridized carbons (Fsp3) is 0.206. The third-order valence-electron chi connectivity index (χ3n) is 7.09. The molecule has 0 aliphatic rings. The summed E-state index contributed by atoms with van der Waals surface area (Å²) in [7, 11) is 1.31. The molecular weight excluding hydrogens is 611 g/mol. The summed E-state index contributed by atoms with van der Waals surface area (Å²) in [5, 5.41) is 14.7. The minimum atomic E-state index is -0.491. The van der Waals surface area contributed by atoms with Crippen LogP contribution in [-0.2, 0) is 35.6 Å². The molecule has 5 aromatic rings. The number of nitrogens with zero attached hydrogens (tertiary/aromatic N) is 4. The second-order valence-electron chi connectivity index (χ2n) is 10.3. The summed E-state index contributed by atoms with van der Waals surface area (Å²) >= 11 is 5.85. The Hall–Kier alpha value is -5.29. The molecule has 1 amide bonds. The van der Waals surface area contributed by atoms with Crippen molar-refractivity contribution in [3.05, 3.63) is 119 Å². The third kappa shape index (κ3) is 8.05. The fourth-order valence-electron chi connectivity index (χ4n) is 4.75. The molecule has 0 aliphatic heterocycles. The third-order valence-corrected chi connectivity index (χ3v) is 7.33. The highest BCUT2D eigenvalue weighted by Gasteiger charge is 2.15. The highest BCUT2D eigenvalue weighted by molar-refractivity contribution is 6.30. The Balaban J connectivity index is 1.26. The number of pyridine rings is 1. The van der Waals surface area contributed by atoms with E-state index in [4.69, 9.17) is 21.1 Å². The van der Waals surface area contributed by atoms with Gasteiger partial charge < -0.3 is 24.7 Å². The Morgan fingerprint density at radius 3 is 2.61 bits per heavy atom. The van der Waals surface area contributed by atoms with Gasteiger partial charge in [0.25, 0.3) is 0 Å². The fourth-order valence-corrected chi connectivity index (χ4v) is 4.91. The number of esters is 1. The molecule has 0 bridgehead atoms. The molecular formula is C34H32ClFN6O4. The van der Waals surface area contributed by atoms with E-state index in [1.54, 1.807) is 48.9 Å². The van der Waals surface area contributed by atoms with Gasteiger partial charge in [0.05, 0.1) is 37.0 Å². The van der Waals surface area contributed by atoms with Gasteiger partial charge in [0.2, 0.25) is 11.8 Å². The number of rotatable bonds is 13. The smallest absolute Gasteiger partial charge is 0.337 e. The molecule has 10 nitrogen and oxygen atoms in total. The Morgan fingerprint density at radius 1 is 1.02 bits per heavy atom. The molecule has 0 saturated carbocycles. The molecule has 0 saturated heterocycles. The van der Waals surface area contributed by atoms with Crippen molar-refractivity contribution in [2.75, 3.05) is 17.7 Å². The lowest BCUT2D eigenvalue weighted by Crippen LogP contribution is -2.17. The summed E-state index contributed by atoms with van der Waals surface area (Å²) in [6, 6.07) is 20.4. The maximum atomic E-state index is 14.2. The van der Waals surface area contributed by atoms with Gasteiger partial charge in [-0.2, -0.15) is 0 Å². The molecule has 5 rings (SSSR count). The number of aryl methyl sites for hydroxylation is 1. The molecule has 0 aliphatic carbocycles. The van der Waals surface area contributed by atoms with Crippen LogP contribution in [0.4, 0.5) is 15.8 Å². The van der Waals surface area contributed by atoms with E-state index in [9.17, 15) is 14.0 Å². The van der Waals surface area contributed by atoms with Gasteiger partial charge in [0.1, 0.15) is 18.8 Å². The average Bonchev–Trinajstić information content (AvgIpc) is 3.51. The number of ether oxygens (including phenoxy) is 2. The van der Waals surface area contributed by atoms with E-state index in [-0.39, 0.29) is 18.9 Å². The van der Waals surface area contributed by atoms with E-state index < -0.39 is 11.8 Å². The standard InChI is InChI=1S/C34H32ClFN6O4/c1-3-15-42-21-39-41-31(42)19-38-30-17-24(34(44)45-2)11-13-29(30)40-32(43)16-22-6-8-23(9-7-22)27-5-4-14-37-33(27)46-20-25-10-12-26(35)18-28(25)36/h4-14,17-18,21,38H,3,15-16,19-20H2,1-2H3,(H,40,43). The molecule has 0 radical (unpaired) electrons. The van der Waals surface area contributed by atoms with E-state index in [1.807, 2.05) is 34.9 Å². The molecule has 0 atom stereocenters. The minimum Gasteiger partial charge on any atom is -0.472 e. The van der Waals surface area contributed by atoms with Gasteiger partial charge in [-0.25, -0.2) is 14.2 Å². The van der Waals surface area contributed by atoms with Crippen molar-refractivity contribution >= 4 is 34.9 Å². The molecule has 236 valence electrons. The summed E-state index contributed by atoms with van der Waals surface area (Å²) in [5.41, 5.74) is 4.08. The van der Waals surface area contributed by atoms with Crippen LogP contribution in [0, 0.1) is 5.82 Å². The maximum absolute atomic E-state index is 14.2. The molecule has 46 heavy (non-hydrogen) atoms. The number of anilines is 2. The predicted molar refractivity (Wildman–Crippen MR) is 173 cm³/mol. The van der Waals surface area contributed by atoms with Crippen molar-refractivity contribution in [3.8, 4) is 17.0 Å². The predicted octanol–water partition coefficient (Wildman–Crippen LogP) is 6.70. The van der Waals surface area contributed by atoms with Crippen molar-refractivity contribution in [1.82, 2.24) is 19.7 Å². The SMILES string of the molecule is CCCn1cnnc1CNc1cc(C(=O)OC)ccc1NC(=O)Cc1ccc(-c2cccnc2OCc2ccc(Cl)cc2F)cc1. The van der Waals surface area contributed by atoms with Crippen LogP contribution in [0.25, 0.3) is 11.1 Å². The van der Waals surface area contributed by atoms with Crippen molar-refractivity contribution in [2.24, 2.45) is 0 Å². The Kier molecular flexibility index (Phi) is 10.6. The largest absolute Gasteiger partial charge is 0.472 e. The lowest BCUT2D eigenvalue weighted by atomic mass is 10.0. The van der Waals surface area contributed by atoms with E-state index in [0.29, 0.717) is 39.9 Å². The van der Waals surface area contributed by atoms with Crippen molar-refractivity contribution < 1.29 is 23.5 Å². The van der Waals surface area contributed by atoms with Crippen LogP contribution < -0.4 is 15.4 Å². The zero-order valence-corrected chi connectivity index (χ0v) is 26.1. The van der Waals surface area contributed by atoms with Crippen LogP contribution in [0.5, 0.6) is 5.88 Å². The van der Waals surface area contributed by atoms with Crippen LogP contribution >= 0.6 is 11.6 Å². The normalized spacial score (nSPS) is 10.8. The summed E-state index contributed by atoms with van der Waals surface area (Å²) in [6.07, 6.45) is 4.31. The number of carbonyl (C=O) groups is 2. The van der Waals surface area contributed by atoms with Crippen molar-refractivity contribution in [1.29, 1.82) is 0 Å². The number of aromatic nitrogens is 4. The van der Waals surface area contributed by atoms with Gasteiger partial charge in [-0.05, 0) is 60.0 Å². The van der Waals surface area contributed by atoms with E-state index >= 15 is 0 Å². The van der Waals surface area contributed by atoms with Gasteiger partial charge >= 0.3 is 5.97 Å². The van der Waals surface area contributed by atoms with E-state index in [2.05, 4.69) is 32.7 Å². The summed E-state index contributed by atoms with van der Waals surface area (Å²) in [4.78, 5) is 29.7. The highest BCUT2D eigenvalue weighted by atomic mass is 35.5. The van der Waals surface area contributed by atoms with Gasteiger partial charge in [0.15, 0.2) is 5.82 Å². The van der Waals surface area contributed by atoms with Crippen molar-refractivity contribution in [2.45, 2.75) is 39.5 Å². The zero-order valence-electron chi connectivity index (χ0n) is 25.3. The molecule has 2 N–H and O–H groups in total. The molecule has 0 unspecified atom stereocenters. The molecule has 12 heteroatoms. The first-order valence-corrected chi connectivity index (χ1v) is 15.0. The molecule has 0 fully saturated rings. The topological polar surface area (TPSA) is 120 Å². The lowest BCUT2D eigenvalue weighted by Gasteiger charge is -2.15. The number of halogens is 2. The number of methoxy groups -OCH3 is 1. The van der Waals surface area contributed by atoms with E-state index in [1.165, 1.54) is 13.2 Å². The van der Waals surface area contributed by atoms with Crippen LogP contribution in [0.2, 0.25) is 5.02 Å². The Morgan fingerprint density at radius 2 is 1.85 bits per heavy atom. The van der Waals surface area contributed by atoms with Crippen LogP contribution in [0.1, 0.15) is 40.7 Å². The number of carbonyl (C=O) groups excluding carboxylic acids is 2. The molecule has 2 aromatic heterocycles. The van der Waals surface area contributed by atoms with Gasteiger partial charge in [0, 0.05) is 28.9 Å². The lowest BCUT2D eigenvalue weighted by molar-refractivity contribution is -0.115. The second kappa shape index (κ2) is 15.1. The first kappa shape index (κ1) is 32.1. The minimum absolute atomic E-state index is 0.0123. The monoisotopic (exact) mass is 642 g/mol. The van der Waals surface area contributed by atoms with Gasteiger partial charge in [-0.3, -0.25) is 4.79 Å². The van der Waals surface area contributed by atoms with E-state index in [0.717, 1.165) is 35.5 Å². The molecule has 3 aromatic carbocycles. The number of hydrogen-bond donors (Lipinski definition) is 2. The Bertz CT molecular complexity index is 1830. The number of nitrogens with one attached hydrogen (secondary N) is 2. The molecule has 2 heterocycles. The van der Waals surface area contributed by atoms with Gasteiger partial charge in [-0.15, -0.1) is 10.2 Å². The van der Waals surface area contributed by atoms with Crippen LogP contribution in [0.15, 0.2) is 85.3 Å².